The molecular weight excluding hydrogens is 358 g/mol. The van der Waals surface area contributed by atoms with Crippen molar-refractivity contribution >= 4 is 23.1 Å². The van der Waals surface area contributed by atoms with Crippen molar-refractivity contribution in [1.29, 1.82) is 0 Å². The molecule has 0 saturated heterocycles. The Balaban J connectivity index is 0.00000338. The van der Waals surface area contributed by atoms with Crippen molar-refractivity contribution in [2.75, 3.05) is 5.32 Å². The summed E-state index contributed by atoms with van der Waals surface area (Å²) in [6.45, 7) is 1.56. The minimum Gasteiger partial charge on any atom is -0.545 e. The van der Waals surface area contributed by atoms with Gasteiger partial charge >= 0.3 is 35.7 Å². The maximum Gasteiger partial charge on any atom is 1.00 e. The minimum atomic E-state index is -4.43. The second-order valence-corrected chi connectivity index (χ2v) is 5.22. The Morgan fingerprint density at radius 2 is 1.62 bits per heavy atom. The third kappa shape index (κ3) is 5.72. The predicted octanol–water partition coefficient (Wildman–Crippen LogP) is 0.115. The van der Waals surface area contributed by atoms with E-state index in [0.29, 0.717) is 11.1 Å². The molecule has 26 heavy (non-hydrogen) atoms. The van der Waals surface area contributed by atoms with E-state index in [0.717, 1.165) is 12.1 Å². The summed E-state index contributed by atoms with van der Waals surface area (Å²) >= 11 is 0. The molecule has 4 nitrogen and oxygen atoms in total. The fraction of sp³-hybridized carbons (Fsp3) is 0.111. The summed E-state index contributed by atoms with van der Waals surface area (Å²) in [4.78, 5) is 23.0. The van der Waals surface area contributed by atoms with E-state index in [4.69, 9.17) is 0 Å². The zero-order valence-corrected chi connectivity index (χ0v) is 16.1. The third-order valence-corrected chi connectivity index (χ3v) is 3.42. The Labute approximate surface area is 170 Å². The first-order chi connectivity index (χ1) is 11.7. The number of nitrogens with one attached hydrogen (secondary N) is 1. The molecule has 1 N–H and O–H groups in total. The van der Waals surface area contributed by atoms with Gasteiger partial charge in [0.05, 0.1) is 17.2 Å². The molecule has 0 unspecified atom stereocenters. The molecule has 1 amide bonds. The van der Waals surface area contributed by atoms with Crippen LogP contribution in [0.15, 0.2) is 54.6 Å². The average Bonchev–Trinajstić information content (AvgIpc) is 2.54. The quantitative estimate of drug-likeness (QED) is 0.613. The topological polar surface area (TPSA) is 69.2 Å². The van der Waals surface area contributed by atoms with Crippen LogP contribution in [0.5, 0.6) is 0 Å². The number of anilines is 1. The van der Waals surface area contributed by atoms with Crippen molar-refractivity contribution in [2.45, 2.75) is 13.1 Å². The van der Waals surface area contributed by atoms with Gasteiger partial charge in [-0.05, 0) is 36.3 Å². The van der Waals surface area contributed by atoms with Gasteiger partial charge < -0.3 is 15.2 Å². The van der Waals surface area contributed by atoms with Crippen LogP contribution in [0.25, 0.3) is 5.57 Å². The molecule has 0 saturated carbocycles. The normalized spacial score (nSPS) is 11.5. The predicted molar refractivity (Wildman–Crippen MR) is 84.5 cm³/mol. The van der Waals surface area contributed by atoms with Gasteiger partial charge in [0, 0.05) is 11.6 Å². The molecule has 8 heteroatoms. The number of allylic oxidation sites excluding steroid dienone is 1. The number of hydrogen-bond donors (Lipinski definition) is 1. The molecule has 2 aromatic carbocycles. The molecule has 0 aliphatic rings. The Bertz CT molecular complexity index is 830. The zero-order chi connectivity index (χ0) is 18.6. The monoisotopic (exact) mass is 371 g/mol. The number of carboxylic acid groups (broad SMARTS) is 1. The first kappa shape index (κ1) is 22.0. The Hall–Kier alpha value is -2.09. The molecule has 0 bridgehead atoms. The summed E-state index contributed by atoms with van der Waals surface area (Å²) in [6, 6.07) is 10.1. The van der Waals surface area contributed by atoms with Gasteiger partial charge in [-0.2, -0.15) is 13.2 Å². The maximum atomic E-state index is 12.5. The summed E-state index contributed by atoms with van der Waals surface area (Å²) < 4.78 is 37.6. The minimum absolute atomic E-state index is 0. The number of alkyl halides is 3. The van der Waals surface area contributed by atoms with E-state index in [9.17, 15) is 27.9 Å². The number of carbonyl (C=O) groups excluding carboxylic acids is 2. The summed E-state index contributed by atoms with van der Waals surface area (Å²) in [5.41, 5.74) is -0.00900. The van der Waals surface area contributed by atoms with Gasteiger partial charge in [-0.3, -0.25) is 4.79 Å². The molecule has 0 aliphatic heterocycles. The van der Waals surface area contributed by atoms with Gasteiger partial charge in [0.25, 0.3) is 0 Å². The van der Waals surface area contributed by atoms with Crippen molar-refractivity contribution in [3.05, 3.63) is 71.3 Å². The third-order valence-electron chi connectivity index (χ3n) is 3.42. The first-order valence-corrected chi connectivity index (χ1v) is 7.16. The molecule has 0 spiro atoms. The van der Waals surface area contributed by atoms with Crippen LogP contribution in [0.2, 0.25) is 0 Å². The second kappa shape index (κ2) is 9.02. The zero-order valence-electron chi connectivity index (χ0n) is 14.1. The number of amides is 1. The van der Waals surface area contributed by atoms with Crippen LogP contribution in [0.1, 0.15) is 28.4 Å². The molecule has 130 valence electrons. The van der Waals surface area contributed by atoms with Crippen LogP contribution in [-0.2, 0) is 11.0 Å². The van der Waals surface area contributed by atoms with Crippen LogP contribution >= 0.6 is 0 Å². The van der Waals surface area contributed by atoms with E-state index in [2.05, 4.69) is 5.32 Å². The van der Waals surface area contributed by atoms with Gasteiger partial charge in [0.15, 0.2) is 0 Å². The van der Waals surface area contributed by atoms with Crippen LogP contribution in [0.3, 0.4) is 0 Å². The summed E-state index contributed by atoms with van der Waals surface area (Å²) in [7, 11) is 0. The molecule has 0 aromatic heterocycles. The van der Waals surface area contributed by atoms with E-state index >= 15 is 0 Å². The summed E-state index contributed by atoms with van der Waals surface area (Å²) in [6.07, 6.45) is -3.25. The number of aromatic carboxylic acids is 1. The van der Waals surface area contributed by atoms with E-state index < -0.39 is 23.6 Å². The second-order valence-electron chi connectivity index (χ2n) is 5.22. The van der Waals surface area contributed by atoms with Crippen LogP contribution in [0.4, 0.5) is 18.9 Å². The van der Waals surface area contributed by atoms with Crippen molar-refractivity contribution in [2.24, 2.45) is 0 Å². The van der Waals surface area contributed by atoms with E-state index in [1.54, 1.807) is 13.0 Å². The number of rotatable bonds is 4. The van der Waals surface area contributed by atoms with E-state index in [-0.39, 0.29) is 40.8 Å². The van der Waals surface area contributed by atoms with Gasteiger partial charge in [-0.25, -0.2) is 0 Å². The van der Waals surface area contributed by atoms with Crippen LogP contribution in [-0.4, -0.2) is 11.9 Å². The van der Waals surface area contributed by atoms with Crippen molar-refractivity contribution in [3.63, 3.8) is 0 Å². The summed E-state index contributed by atoms with van der Waals surface area (Å²) in [5.74, 6) is -2.04. The number of carbonyl (C=O) groups is 2. The summed E-state index contributed by atoms with van der Waals surface area (Å²) in [5, 5.41) is 13.4. The first-order valence-electron chi connectivity index (χ1n) is 7.16. The maximum absolute atomic E-state index is 12.5. The fourth-order valence-corrected chi connectivity index (χ4v) is 2.14. The van der Waals surface area contributed by atoms with Gasteiger partial charge in [-0.1, -0.05) is 30.3 Å². The number of benzene rings is 2. The standard InChI is InChI=1S/C18H14F3NO3.Na/c1-11(12-6-8-13(9-7-12)18(19,20)21)10-16(23)22-15-5-3-2-4-14(15)17(24)25;/h2-10H,1H3,(H,22,23)(H,24,25);/q;+1/p-1/b11-10+;. The number of hydrogen-bond acceptors (Lipinski definition) is 3. The smallest absolute Gasteiger partial charge is 0.545 e. The Morgan fingerprint density at radius 3 is 2.15 bits per heavy atom. The SMILES string of the molecule is C/C(=C\C(=O)Nc1ccccc1C(=O)[O-])c1ccc(C(F)(F)F)cc1.[Na+]. The molecule has 2 aromatic rings. The van der Waals surface area contributed by atoms with Crippen molar-refractivity contribution in [1.82, 2.24) is 0 Å². The van der Waals surface area contributed by atoms with Gasteiger partial charge in [0.2, 0.25) is 5.91 Å². The largest absolute Gasteiger partial charge is 1.00 e. The van der Waals surface area contributed by atoms with Gasteiger partial charge in [-0.15, -0.1) is 0 Å². The molecule has 2 rings (SSSR count). The van der Waals surface area contributed by atoms with E-state index in [1.807, 2.05) is 0 Å². The molecule has 0 fully saturated rings. The van der Waals surface area contributed by atoms with E-state index in [1.165, 1.54) is 36.4 Å². The van der Waals surface area contributed by atoms with Crippen LogP contribution in [0, 0.1) is 0 Å². The Kier molecular flexibility index (Phi) is 7.62. The number of halogens is 3. The van der Waals surface area contributed by atoms with Crippen molar-refractivity contribution in [3.8, 4) is 0 Å². The molecule has 0 radical (unpaired) electrons. The fourth-order valence-electron chi connectivity index (χ4n) is 2.14. The molecule has 0 atom stereocenters. The number of carboxylic acids is 1. The average molecular weight is 371 g/mol. The number of para-hydroxylation sites is 1. The Morgan fingerprint density at radius 1 is 1.04 bits per heavy atom. The molecular formula is C18H13F3NNaO3. The molecule has 0 aliphatic carbocycles. The van der Waals surface area contributed by atoms with Crippen LogP contribution < -0.4 is 40.0 Å². The molecule has 0 heterocycles. The van der Waals surface area contributed by atoms with Crippen molar-refractivity contribution < 1.29 is 57.4 Å². The van der Waals surface area contributed by atoms with Gasteiger partial charge in [0.1, 0.15) is 0 Å².